The van der Waals surface area contributed by atoms with Gasteiger partial charge in [0.2, 0.25) is 0 Å². The summed E-state index contributed by atoms with van der Waals surface area (Å²) in [6, 6.07) is 14.4. The molecule has 0 fully saturated rings. The van der Waals surface area contributed by atoms with Crippen LogP contribution in [0, 0.1) is 13.8 Å². The molecule has 2 aromatic rings. The van der Waals surface area contributed by atoms with Gasteiger partial charge in [0.1, 0.15) is 0 Å². The largest absolute Gasteiger partial charge is 0.399 e. The molecule has 0 saturated carbocycles. The first-order chi connectivity index (χ1) is 8.15. The molecule has 17 heavy (non-hydrogen) atoms. The second-order valence-electron chi connectivity index (χ2n) is 4.42. The molecule has 2 aromatic carbocycles. The van der Waals surface area contributed by atoms with Crippen LogP contribution in [0.2, 0.25) is 0 Å². The molecule has 0 aliphatic rings. The van der Waals surface area contributed by atoms with Gasteiger partial charge in [0.05, 0.1) is 0 Å². The maximum Gasteiger partial charge on any atom is 0.0400 e. The molecule has 0 aliphatic carbocycles. The lowest BCUT2D eigenvalue weighted by Gasteiger charge is -2.10. The second kappa shape index (κ2) is 4.91. The average molecular weight is 226 g/mol. The fraction of sp³-hybridized carbons (Fsp3) is 0.200. The normalized spacial score (nSPS) is 10.2. The van der Waals surface area contributed by atoms with E-state index in [1.807, 2.05) is 18.2 Å². The highest BCUT2D eigenvalue weighted by atomic mass is 14.9. The van der Waals surface area contributed by atoms with Gasteiger partial charge < -0.3 is 11.1 Å². The molecule has 88 valence electrons. The SMILES string of the molecule is Cc1cccc(CNc2cc(N)ccc2C)c1. The summed E-state index contributed by atoms with van der Waals surface area (Å²) in [6.07, 6.45) is 0. The minimum absolute atomic E-state index is 0.794. The van der Waals surface area contributed by atoms with Gasteiger partial charge >= 0.3 is 0 Å². The number of nitrogen functional groups attached to an aromatic ring is 1. The second-order valence-corrected chi connectivity index (χ2v) is 4.42. The molecule has 0 aromatic heterocycles. The van der Waals surface area contributed by atoms with Crippen molar-refractivity contribution < 1.29 is 0 Å². The summed E-state index contributed by atoms with van der Waals surface area (Å²) >= 11 is 0. The number of benzene rings is 2. The number of aryl methyl sites for hydroxylation is 2. The number of nitrogens with one attached hydrogen (secondary N) is 1. The predicted octanol–water partition coefficient (Wildman–Crippen LogP) is 3.50. The number of hydrogen-bond donors (Lipinski definition) is 2. The van der Waals surface area contributed by atoms with Crippen LogP contribution >= 0.6 is 0 Å². The third-order valence-corrected chi connectivity index (χ3v) is 2.83. The highest BCUT2D eigenvalue weighted by Gasteiger charge is 1.99. The molecule has 3 N–H and O–H groups in total. The number of anilines is 2. The maximum absolute atomic E-state index is 5.78. The molecule has 0 saturated heterocycles. The third-order valence-electron chi connectivity index (χ3n) is 2.83. The Morgan fingerprint density at radius 1 is 1.06 bits per heavy atom. The lowest BCUT2D eigenvalue weighted by Crippen LogP contribution is -2.02. The zero-order valence-corrected chi connectivity index (χ0v) is 10.3. The van der Waals surface area contributed by atoms with Gasteiger partial charge in [0.15, 0.2) is 0 Å². The molecule has 0 bridgehead atoms. The van der Waals surface area contributed by atoms with E-state index in [9.17, 15) is 0 Å². The molecular weight excluding hydrogens is 208 g/mol. The van der Waals surface area contributed by atoms with E-state index < -0.39 is 0 Å². The lowest BCUT2D eigenvalue weighted by atomic mass is 10.1. The first-order valence-corrected chi connectivity index (χ1v) is 5.81. The summed E-state index contributed by atoms with van der Waals surface area (Å²) in [4.78, 5) is 0. The highest BCUT2D eigenvalue weighted by molar-refractivity contribution is 5.59. The van der Waals surface area contributed by atoms with E-state index in [4.69, 9.17) is 5.73 Å². The van der Waals surface area contributed by atoms with Gasteiger partial charge in [0, 0.05) is 17.9 Å². The Kier molecular flexibility index (Phi) is 3.33. The Morgan fingerprint density at radius 2 is 1.88 bits per heavy atom. The van der Waals surface area contributed by atoms with E-state index in [0.717, 1.165) is 17.9 Å². The van der Waals surface area contributed by atoms with Crippen LogP contribution in [0.15, 0.2) is 42.5 Å². The van der Waals surface area contributed by atoms with Gasteiger partial charge in [-0.2, -0.15) is 0 Å². The van der Waals surface area contributed by atoms with Crippen LogP contribution < -0.4 is 11.1 Å². The quantitative estimate of drug-likeness (QED) is 0.786. The van der Waals surface area contributed by atoms with Gasteiger partial charge in [-0.25, -0.2) is 0 Å². The topological polar surface area (TPSA) is 38.0 Å². The smallest absolute Gasteiger partial charge is 0.0400 e. The zero-order valence-electron chi connectivity index (χ0n) is 10.3. The van der Waals surface area contributed by atoms with Crippen molar-refractivity contribution in [1.82, 2.24) is 0 Å². The van der Waals surface area contributed by atoms with E-state index in [1.54, 1.807) is 0 Å². The fourth-order valence-electron chi connectivity index (χ4n) is 1.85. The van der Waals surface area contributed by atoms with Crippen LogP contribution in [-0.4, -0.2) is 0 Å². The van der Waals surface area contributed by atoms with Crippen molar-refractivity contribution in [3.8, 4) is 0 Å². The molecule has 0 aliphatic heterocycles. The summed E-state index contributed by atoms with van der Waals surface area (Å²) in [7, 11) is 0. The Hall–Kier alpha value is -1.96. The molecule has 0 spiro atoms. The van der Waals surface area contributed by atoms with Crippen molar-refractivity contribution in [2.75, 3.05) is 11.1 Å². The van der Waals surface area contributed by atoms with E-state index in [2.05, 4.69) is 43.4 Å². The first-order valence-electron chi connectivity index (χ1n) is 5.81. The first kappa shape index (κ1) is 11.5. The van der Waals surface area contributed by atoms with Gasteiger partial charge in [-0.15, -0.1) is 0 Å². The van der Waals surface area contributed by atoms with Gasteiger partial charge in [-0.1, -0.05) is 35.9 Å². The molecule has 2 heteroatoms. The van der Waals surface area contributed by atoms with Crippen LogP contribution in [0.25, 0.3) is 0 Å². The van der Waals surface area contributed by atoms with Crippen molar-refractivity contribution in [3.63, 3.8) is 0 Å². The summed E-state index contributed by atoms with van der Waals surface area (Å²) in [6.45, 7) is 5.01. The van der Waals surface area contributed by atoms with E-state index in [1.165, 1.54) is 16.7 Å². The standard InChI is InChI=1S/C15H18N2/c1-11-4-3-5-13(8-11)10-17-15-9-14(16)7-6-12(15)2/h3-9,17H,10,16H2,1-2H3. The summed E-state index contributed by atoms with van der Waals surface area (Å²) in [5, 5.41) is 3.42. The summed E-state index contributed by atoms with van der Waals surface area (Å²) < 4.78 is 0. The Bertz CT molecular complexity index is 518. The molecule has 0 amide bonds. The molecule has 0 atom stereocenters. The number of nitrogens with two attached hydrogens (primary N) is 1. The van der Waals surface area contributed by atoms with Crippen LogP contribution in [-0.2, 0) is 6.54 Å². The van der Waals surface area contributed by atoms with Crippen LogP contribution in [0.4, 0.5) is 11.4 Å². The highest BCUT2D eigenvalue weighted by Crippen LogP contribution is 2.19. The summed E-state index contributed by atoms with van der Waals surface area (Å²) in [5.41, 5.74) is 11.5. The molecule has 2 rings (SSSR count). The molecule has 0 radical (unpaired) electrons. The van der Waals surface area contributed by atoms with E-state index in [0.29, 0.717) is 0 Å². The van der Waals surface area contributed by atoms with Crippen molar-refractivity contribution >= 4 is 11.4 Å². The minimum Gasteiger partial charge on any atom is -0.399 e. The molecule has 2 nitrogen and oxygen atoms in total. The van der Waals surface area contributed by atoms with Crippen molar-refractivity contribution in [2.24, 2.45) is 0 Å². The van der Waals surface area contributed by atoms with Crippen LogP contribution in [0.1, 0.15) is 16.7 Å². The molecule has 0 unspecified atom stereocenters. The minimum atomic E-state index is 0.794. The van der Waals surface area contributed by atoms with E-state index >= 15 is 0 Å². The van der Waals surface area contributed by atoms with Crippen molar-refractivity contribution in [2.45, 2.75) is 20.4 Å². The maximum atomic E-state index is 5.78. The van der Waals surface area contributed by atoms with Gasteiger partial charge in [-0.05, 0) is 37.1 Å². The van der Waals surface area contributed by atoms with Gasteiger partial charge in [-0.3, -0.25) is 0 Å². The Labute approximate surface area is 102 Å². The van der Waals surface area contributed by atoms with Crippen molar-refractivity contribution in [1.29, 1.82) is 0 Å². The Morgan fingerprint density at radius 3 is 2.65 bits per heavy atom. The Balaban J connectivity index is 2.09. The molecular formula is C15H18N2. The average Bonchev–Trinajstić information content (AvgIpc) is 2.30. The van der Waals surface area contributed by atoms with Gasteiger partial charge in [0.25, 0.3) is 0 Å². The molecule has 0 heterocycles. The monoisotopic (exact) mass is 226 g/mol. The summed E-state index contributed by atoms with van der Waals surface area (Å²) in [5.74, 6) is 0. The van der Waals surface area contributed by atoms with E-state index in [-0.39, 0.29) is 0 Å². The number of rotatable bonds is 3. The fourth-order valence-corrected chi connectivity index (χ4v) is 1.85. The van der Waals surface area contributed by atoms with Crippen LogP contribution in [0.5, 0.6) is 0 Å². The third kappa shape index (κ3) is 3.00. The zero-order chi connectivity index (χ0) is 12.3. The number of hydrogen-bond acceptors (Lipinski definition) is 2. The lowest BCUT2D eigenvalue weighted by molar-refractivity contribution is 1.13. The van der Waals surface area contributed by atoms with Crippen LogP contribution in [0.3, 0.4) is 0 Å². The van der Waals surface area contributed by atoms with Crippen molar-refractivity contribution in [3.05, 3.63) is 59.2 Å². The predicted molar refractivity (Wildman–Crippen MR) is 74.1 cm³/mol.